The van der Waals surface area contributed by atoms with Gasteiger partial charge in [-0.2, -0.15) is 0 Å². The third kappa shape index (κ3) is 6.39. The lowest BCUT2D eigenvalue weighted by molar-refractivity contribution is 0.669. The van der Waals surface area contributed by atoms with Gasteiger partial charge in [0.1, 0.15) is 17.0 Å². The van der Waals surface area contributed by atoms with E-state index >= 15 is 0 Å². The molecular formula is C47H35N3O. The molecule has 0 saturated heterocycles. The molecule has 0 spiro atoms. The van der Waals surface area contributed by atoms with E-state index in [0.29, 0.717) is 5.84 Å². The highest BCUT2D eigenvalue weighted by molar-refractivity contribution is 6.14. The number of amidine groups is 2. The van der Waals surface area contributed by atoms with Crippen molar-refractivity contribution in [3.63, 3.8) is 0 Å². The standard InChI is InChI=1S/C40H27N3O.C7H8/c41-39(27-8-2-1-3-9-27)43-40(42)28-16-13-26(14-17-28)34-11-6-12-37-38(34)35-24-30(20-22-36(35)44-37)29-19-21-33-31(23-29)18-15-25-7-4-5-10-32(25)33;1-7-5-3-2-4-6-7/h1-24H,(H3,41,42,43);2-6H,1H3. The molecular weight excluding hydrogens is 623 g/mol. The van der Waals surface area contributed by atoms with Crippen LogP contribution in [0.2, 0.25) is 0 Å². The highest BCUT2D eigenvalue weighted by Gasteiger charge is 2.14. The first-order valence-corrected chi connectivity index (χ1v) is 17.0. The summed E-state index contributed by atoms with van der Waals surface area (Å²) in [5, 5.41) is 15.5. The fraction of sp³-hybridized carbons (Fsp3) is 0.0213. The molecule has 1 heterocycles. The molecule has 0 unspecified atom stereocenters. The van der Waals surface area contributed by atoms with Crippen molar-refractivity contribution in [2.24, 2.45) is 10.7 Å². The lowest BCUT2D eigenvalue weighted by Gasteiger charge is -2.08. The number of benzene rings is 8. The highest BCUT2D eigenvalue weighted by atomic mass is 16.3. The van der Waals surface area contributed by atoms with Crippen molar-refractivity contribution >= 4 is 55.2 Å². The topological polar surface area (TPSA) is 75.4 Å². The first kappa shape index (κ1) is 31.5. The normalized spacial score (nSPS) is 11.5. The zero-order valence-corrected chi connectivity index (χ0v) is 28.2. The second-order valence-electron chi connectivity index (χ2n) is 12.7. The average Bonchev–Trinajstić information content (AvgIpc) is 3.57. The molecule has 4 nitrogen and oxygen atoms in total. The summed E-state index contributed by atoms with van der Waals surface area (Å²) in [6.45, 7) is 2.08. The number of rotatable bonds is 4. The minimum atomic E-state index is 0.136. The lowest BCUT2D eigenvalue weighted by atomic mass is 9.95. The van der Waals surface area contributed by atoms with E-state index in [9.17, 15) is 0 Å². The monoisotopic (exact) mass is 657 g/mol. The van der Waals surface area contributed by atoms with Gasteiger partial charge in [0.15, 0.2) is 5.84 Å². The Morgan fingerprint density at radius 1 is 0.510 bits per heavy atom. The average molecular weight is 658 g/mol. The van der Waals surface area contributed by atoms with Crippen LogP contribution >= 0.6 is 0 Å². The van der Waals surface area contributed by atoms with Crippen LogP contribution in [0.4, 0.5) is 0 Å². The SMILES string of the molecule is Cc1ccccc1.N=C(N=C(N)c1ccc(-c2cccc3oc4ccc(-c5ccc6c(ccc7ccccc76)c5)cc4c23)cc1)c1ccccc1. The van der Waals surface area contributed by atoms with Gasteiger partial charge in [0, 0.05) is 21.9 Å². The molecule has 0 radical (unpaired) electrons. The highest BCUT2D eigenvalue weighted by Crippen LogP contribution is 2.39. The van der Waals surface area contributed by atoms with E-state index in [1.54, 1.807) is 0 Å². The van der Waals surface area contributed by atoms with Gasteiger partial charge in [-0.1, -0.05) is 157 Å². The van der Waals surface area contributed by atoms with Crippen LogP contribution < -0.4 is 5.73 Å². The molecule has 0 fully saturated rings. The quantitative estimate of drug-likeness (QED) is 0.112. The maximum Gasteiger partial charge on any atom is 0.154 e. The van der Waals surface area contributed by atoms with E-state index in [4.69, 9.17) is 15.6 Å². The van der Waals surface area contributed by atoms with Crippen LogP contribution in [0.3, 0.4) is 0 Å². The molecule has 8 aromatic carbocycles. The van der Waals surface area contributed by atoms with Gasteiger partial charge in [0.2, 0.25) is 0 Å². The van der Waals surface area contributed by atoms with Crippen molar-refractivity contribution in [2.75, 3.05) is 0 Å². The second-order valence-corrected chi connectivity index (χ2v) is 12.7. The summed E-state index contributed by atoms with van der Waals surface area (Å²) in [6, 6.07) is 59.9. The van der Waals surface area contributed by atoms with Gasteiger partial charge in [-0.25, -0.2) is 4.99 Å². The van der Waals surface area contributed by atoms with Crippen molar-refractivity contribution in [2.45, 2.75) is 6.92 Å². The van der Waals surface area contributed by atoms with Gasteiger partial charge in [0.05, 0.1) is 0 Å². The van der Waals surface area contributed by atoms with Gasteiger partial charge < -0.3 is 10.2 Å². The van der Waals surface area contributed by atoms with Gasteiger partial charge in [-0.05, 0) is 75.0 Å². The van der Waals surface area contributed by atoms with Crippen molar-refractivity contribution in [1.82, 2.24) is 0 Å². The molecule has 9 rings (SSSR count). The van der Waals surface area contributed by atoms with E-state index < -0.39 is 0 Å². The van der Waals surface area contributed by atoms with Crippen LogP contribution in [-0.2, 0) is 0 Å². The molecule has 0 aliphatic rings. The van der Waals surface area contributed by atoms with Crippen molar-refractivity contribution < 1.29 is 4.42 Å². The Morgan fingerprint density at radius 3 is 1.92 bits per heavy atom. The maximum absolute atomic E-state index is 8.31. The van der Waals surface area contributed by atoms with Crippen LogP contribution in [0.25, 0.3) is 65.7 Å². The summed E-state index contributed by atoms with van der Waals surface area (Å²) in [5.41, 5.74) is 15.3. The lowest BCUT2D eigenvalue weighted by Crippen LogP contribution is -2.15. The fourth-order valence-corrected chi connectivity index (χ4v) is 6.64. The number of hydrogen-bond donors (Lipinski definition) is 2. The zero-order valence-electron chi connectivity index (χ0n) is 28.2. The molecule has 51 heavy (non-hydrogen) atoms. The van der Waals surface area contributed by atoms with E-state index in [0.717, 1.165) is 49.8 Å². The predicted octanol–water partition coefficient (Wildman–Crippen LogP) is 12.0. The molecule has 0 atom stereocenters. The van der Waals surface area contributed by atoms with Gasteiger partial charge in [-0.3, -0.25) is 5.41 Å². The van der Waals surface area contributed by atoms with E-state index in [-0.39, 0.29) is 5.84 Å². The van der Waals surface area contributed by atoms with Crippen LogP contribution in [0.15, 0.2) is 185 Å². The smallest absolute Gasteiger partial charge is 0.154 e. The molecule has 3 N–H and O–H groups in total. The van der Waals surface area contributed by atoms with Crippen LogP contribution in [0, 0.1) is 12.3 Å². The minimum Gasteiger partial charge on any atom is -0.456 e. The number of aliphatic imine (C=N–C) groups is 1. The molecule has 1 aromatic heterocycles. The Balaban J connectivity index is 0.000000480. The zero-order chi connectivity index (χ0) is 34.7. The summed E-state index contributed by atoms with van der Waals surface area (Å²) in [4.78, 5) is 4.34. The number of fused-ring (bicyclic) bond motifs is 6. The molecule has 4 heteroatoms. The second kappa shape index (κ2) is 13.6. The Bertz CT molecular complexity index is 2710. The molecule has 244 valence electrons. The first-order chi connectivity index (χ1) is 25.0. The van der Waals surface area contributed by atoms with Crippen LogP contribution in [-0.4, -0.2) is 11.7 Å². The molecule has 0 bridgehead atoms. The Labute approximate surface area is 296 Å². The first-order valence-electron chi connectivity index (χ1n) is 17.0. The Hall–Kier alpha value is -6.78. The van der Waals surface area contributed by atoms with Gasteiger partial charge in [0.25, 0.3) is 0 Å². The maximum atomic E-state index is 8.31. The van der Waals surface area contributed by atoms with Crippen molar-refractivity contribution in [1.29, 1.82) is 5.41 Å². The fourth-order valence-electron chi connectivity index (χ4n) is 6.64. The van der Waals surface area contributed by atoms with E-state index in [1.807, 2.05) is 72.8 Å². The minimum absolute atomic E-state index is 0.136. The van der Waals surface area contributed by atoms with Crippen molar-refractivity contribution in [3.05, 3.63) is 193 Å². The summed E-state index contributed by atoms with van der Waals surface area (Å²) in [5.74, 6) is 0.447. The summed E-state index contributed by atoms with van der Waals surface area (Å²) >= 11 is 0. The summed E-state index contributed by atoms with van der Waals surface area (Å²) < 4.78 is 6.31. The van der Waals surface area contributed by atoms with Crippen molar-refractivity contribution in [3.8, 4) is 22.3 Å². The Morgan fingerprint density at radius 2 is 1.16 bits per heavy atom. The van der Waals surface area contributed by atoms with Gasteiger partial charge >= 0.3 is 0 Å². The number of furan rings is 1. The number of nitrogens with one attached hydrogen (secondary N) is 1. The number of nitrogens with two attached hydrogens (primary N) is 1. The number of hydrogen-bond acceptors (Lipinski definition) is 2. The molecule has 0 aliphatic heterocycles. The summed E-state index contributed by atoms with van der Waals surface area (Å²) in [7, 11) is 0. The third-order valence-corrected chi connectivity index (χ3v) is 9.28. The molecule has 0 aliphatic carbocycles. The molecule has 9 aromatic rings. The summed E-state index contributed by atoms with van der Waals surface area (Å²) in [6.07, 6.45) is 0. The number of aryl methyl sites for hydroxylation is 1. The number of nitrogens with zero attached hydrogens (tertiary/aromatic N) is 1. The van der Waals surface area contributed by atoms with Crippen LogP contribution in [0.1, 0.15) is 16.7 Å². The Kier molecular flexibility index (Phi) is 8.41. The molecule has 0 saturated carbocycles. The van der Waals surface area contributed by atoms with E-state index in [1.165, 1.54) is 32.7 Å². The third-order valence-electron chi connectivity index (χ3n) is 9.28. The van der Waals surface area contributed by atoms with Crippen LogP contribution in [0.5, 0.6) is 0 Å². The predicted molar refractivity (Wildman–Crippen MR) is 215 cm³/mol. The van der Waals surface area contributed by atoms with Gasteiger partial charge in [-0.15, -0.1) is 0 Å². The molecule has 0 amide bonds. The van der Waals surface area contributed by atoms with E-state index in [2.05, 4.69) is 115 Å². The largest absolute Gasteiger partial charge is 0.456 e.